The Morgan fingerprint density at radius 1 is 1.62 bits per heavy atom. The Bertz CT molecular complexity index is 103. The van der Waals surface area contributed by atoms with Gasteiger partial charge in [-0.1, -0.05) is 19.9 Å². The van der Waals surface area contributed by atoms with Crippen LogP contribution in [-0.2, 0) is 0 Å². The molecule has 1 heterocycles. The lowest BCUT2D eigenvalue weighted by Gasteiger charge is -2.05. The van der Waals surface area contributed by atoms with E-state index >= 15 is 0 Å². The molecule has 0 bridgehead atoms. The maximum absolute atomic E-state index is 3.32. The third-order valence-corrected chi connectivity index (χ3v) is 1.46. The van der Waals surface area contributed by atoms with Crippen molar-refractivity contribution in [3.8, 4) is 0 Å². The molecular weight excluding hydrogens is 98.1 g/mol. The molecule has 0 amide bonds. The molecule has 1 aliphatic rings. The highest BCUT2D eigenvalue weighted by Crippen LogP contribution is 2.10. The summed E-state index contributed by atoms with van der Waals surface area (Å²) in [6.45, 7) is 5.57. The van der Waals surface area contributed by atoms with Crippen molar-refractivity contribution in [1.29, 1.82) is 0 Å². The van der Waals surface area contributed by atoms with E-state index in [0.717, 1.165) is 6.54 Å². The van der Waals surface area contributed by atoms with E-state index in [9.17, 15) is 0 Å². The summed E-state index contributed by atoms with van der Waals surface area (Å²) in [5.41, 5.74) is 1.42. The van der Waals surface area contributed by atoms with Crippen LogP contribution in [-0.4, -0.2) is 6.54 Å². The van der Waals surface area contributed by atoms with Crippen LogP contribution in [0.5, 0.6) is 0 Å². The van der Waals surface area contributed by atoms with Gasteiger partial charge in [0.1, 0.15) is 0 Å². The van der Waals surface area contributed by atoms with Gasteiger partial charge in [-0.25, -0.2) is 0 Å². The van der Waals surface area contributed by atoms with Gasteiger partial charge in [0.2, 0.25) is 0 Å². The van der Waals surface area contributed by atoms with E-state index in [1.54, 1.807) is 0 Å². The maximum atomic E-state index is 3.32. The number of hydrogen-bond acceptors (Lipinski definition) is 1. The molecule has 1 aliphatic heterocycles. The Hall–Kier alpha value is -0.460. The monoisotopic (exact) mass is 111 g/mol. The van der Waals surface area contributed by atoms with Crippen LogP contribution in [0, 0.1) is 5.92 Å². The van der Waals surface area contributed by atoms with E-state index in [-0.39, 0.29) is 0 Å². The fraction of sp³-hybridized carbons (Fsp3) is 0.714. The first kappa shape index (κ1) is 5.67. The van der Waals surface area contributed by atoms with Crippen molar-refractivity contribution in [2.45, 2.75) is 20.3 Å². The van der Waals surface area contributed by atoms with Crippen LogP contribution in [0.4, 0.5) is 0 Å². The highest BCUT2D eigenvalue weighted by Gasteiger charge is 2.05. The summed E-state index contributed by atoms with van der Waals surface area (Å²) >= 11 is 0. The fourth-order valence-corrected chi connectivity index (χ4v) is 0.956. The summed E-state index contributed by atoms with van der Waals surface area (Å²) in [5, 5.41) is 3.32. The van der Waals surface area contributed by atoms with Crippen molar-refractivity contribution in [1.82, 2.24) is 5.32 Å². The van der Waals surface area contributed by atoms with E-state index in [0.29, 0.717) is 5.92 Å². The fourth-order valence-electron chi connectivity index (χ4n) is 0.956. The average molecular weight is 111 g/mol. The molecule has 0 aliphatic carbocycles. The van der Waals surface area contributed by atoms with E-state index < -0.39 is 0 Å². The number of nitrogens with one attached hydrogen (secondary N) is 1. The molecule has 1 N–H and O–H groups in total. The molecule has 0 aromatic heterocycles. The van der Waals surface area contributed by atoms with E-state index in [4.69, 9.17) is 0 Å². The molecule has 0 aromatic rings. The molecule has 0 spiro atoms. The zero-order chi connectivity index (χ0) is 5.98. The van der Waals surface area contributed by atoms with E-state index in [2.05, 4.69) is 25.2 Å². The third-order valence-electron chi connectivity index (χ3n) is 1.46. The molecule has 1 rings (SSSR count). The van der Waals surface area contributed by atoms with Crippen molar-refractivity contribution in [2.75, 3.05) is 6.54 Å². The van der Waals surface area contributed by atoms with E-state index in [1.165, 1.54) is 12.1 Å². The van der Waals surface area contributed by atoms with Crippen LogP contribution in [0.25, 0.3) is 0 Å². The smallest absolute Gasteiger partial charge is 0.0179 e. The molecule has 0 saturated heterocycles. The molecule has 0 saturated carbocycles. The summed E-state index contributed by atoms with van der Waals surface area (Å²) in [7, 11) is 0. The topological polar surface area (TPSA) is 12.0 Å². The van der Waals surface area contributed by atoms with Gasteiger partial charge < -0.3 is 5.32 Å². The number of rotatable bonds is 1. The second-order valence-corrected chi connectivity index (χ2v) is 2.53. The zero-order valence-corrected chi connectivity index (χ0v) is 5.57. The molecule has 46 valence electrons. The summed E-state index contributed by atoms with van der Waals surface area (Å²) in [4.78, 5) is 0. The van der Waals surface area contributed by atoms with Crippen LogP contribution >= 0.6 is 0 Å². The van der Waals surface area contributed by atoms with Crippen LogP contribution in [0.1, 0.15) is 20.3 Å². The lowest BCUT2D eigenvalue weighted by molar-refractivity contribution is 0.692. The summed E-state index contributed by atoms with van der Waals surface area (Å²) in [6.07, 6.45) is 3.50. The quantitative estimate of drug-likeness (QED) is 0.541. The molecule has 1 nitrogen and oxygen atoms in total. The van der Waals surface area contributed by atoms with Gasteiger partial charge in [-0.15, -0.1) is 0 Å². The minimum atomic E-state index is 0.692. The first-order valence-electron chi connectivity index (χ1n) is 3.24. The first-order chi connectivity index (χ1) is 3.80. The van der Waals surface area contributed by atoms with Gasteiger partial charge in [0.05, 0.1) is 0 Å². The molecule has 0 aromatic carbocycles. The Morgan fingerprint density at radius 3 is 2.62 bits per heavy atom. The second kappa shape index (κ2) is 2.21. The van der Waals surface area contributed by atoms with Crippen LogP contribution < -0.4 is 5.32 Å². The van der Waals surface area contributed by atoms with E-state index in [1.807, 2.05) is 0 Å². The Morgan fingerprint density at radius 2 is 2.38 bits per heavy atom. The van der Waals surface area contributed by atoms with Gasteiger partial charge in [0, 0.05) is 12.2 Å². The van der Waals surface area contributed by atoms with Crippen LogP contribution in [0.15, 0.2) is 11.8 Å². The molecule has 8 heavy (non-hydrogen) atoms. The SMILES string of the molecule is CC(C)C1=CCCN1. The second-order valence-electron chi connectivity index (χ2n) is 2.53. The van der Waals surface area contributed by atoms with Gasteiger partial charge >= 0.3 is 0 Å². The number of hydrogen-bond donors (Lipinski definition) is 1. The summed E-state index contributed by atoms with van der Waals surface area (Å²) in [5.74, 6) is 0.692. The largest absolute Gasteiger partial charge is 0.388 e. The predicted molar refractivity (Wildman–Crippen MR) is 35.5 cm³/mol. The van der Waals surface area contributed by atoms with Gasteiger partial charge in [0.15, 0.2) is 0 Å². The highest BCUT2D eigenvalue weighted by atomic mass is 14.9. The standard InChI is InChI=1S/C7H13N/c1-6(2)7-4-3-5-8-7/h4,6,8H,3,5H2,1-2H3. The van der Waals surface area contributed by atoms with Crippen LogP contribution in [0.2, 0.25) is 0 Å². The van der Waals surface area contributed by atoms with Crippen molar-refractivity contribution < 1.29 is 0 Å². The minimum Gasteiger partial charge on any atom is -0.388 e. The predicted octanol–water partition coefficient (Wildman–Crippen LogP) is 1.52. The Kier molecular flexibility index (Phi) is 1.56. The molecule has 1 heteroatoms. The molecule has 0 atom stereocenters. The normalized spacial score (nSPS) is 18.6. The molecule has 0 unspecified atom stereocenters. The van der Waals surface area contributed by atoms with Gasteiger partial charge in [0.25, 0.3) is 0 Å². The Labute approximate surface area is 50.8 Å². The highest BCUT2D eigenvalue weighted by molar-refractivity contribution is 5.07. The lowest BCUT2D eigenvalue weighted by Crippen LogP contribution is -2.11. The average Bonchev–Trinajstić information content (AvgIpc) is 2.12. The zero-order valence-electron chi connectivity index (χ0n) is 5.57. The van der Waals surface area contributed by atoms with Crippen LogP contribution in [0.3, 0.4) is 0 Å². The molecule has 0 radical (unpaired) electrons. The van der Waals surface area contributed by atoms with Gasteiger partial charge in [-0.05, 0) is 12.3 Å². The number of allylic oxidation sites excluding steroid dienone is 1. The van der Waals surface area contributed by atoms with Crippen molar-refractivity contribution in [2.24, 2.45) is 5.92 Å². The van der Waals surface area contributed by atoms with Gasteiger partial charge in [-0.3, -0.25) is 0 Å². The summed E-state index contributed by atoms with van der Waals surface area (Å²) < 4.78 is 0. The third kappa shape index (κ3) is 1.03. The van der Waals surface area contributed by atoms with Crippen molar-refractivity contribution in [3.05, 3.63) is 11.8 Å². The Balaban J connectivity index is 2.45. The lowest BCUT2D eigenvalue weighted by atomic mass is 10.1. The molecular formula is C7H13N. The molecule has 0 fully saturated rings. The summed E-state index contributed by atoms with van der Waals surface area (Å²) in [6, 6.07) is 0. The van der Waals surface area contributed by atoms with Crippen molar-refractivity contribution in [3.63, 3.8) is 0 Å². The first-order valence-corrected chi connectivity index (χ1v) is 3.24. The maximum Gasteiger partial charge on any atom is 0.0179 e. The van der Waals surface area contributed by atoms with Crippen molar-refractivity contribution >= 4 is 0 Å². The van der Waals surface area contributed by atoms with Gasteiger partial charge in [-0.2, -0.15) is 0 Å². The minimum absolute atomic E-state index is 0.692.